The van der Waals surface area contributed by atoms with E-state index in [0.29, 0.717) is 26.2 Å². The predicted molar refractivity (Wildman–Crippen MR) is 106 cm³/mol. The Balaban J connectivity index is 1.35. The molecule has 0 bridgehead atoms. The first kappa shape index (κ1) is 18.2. The van der Waals surface area contributed by atoms with Crippen LogP contribution in [0.15, 0.2) is 42.5 Å². The van der Waals surface area contributed by atoms with Crippen molar-refractivity contribution < 1.29 is 8.42 Å². The van der Waals surface area contributed by atoms with Crippen LogP contribution in [0.2, 0.25) is 0 Å². The SMILES string of the molecule is O=S(=O)(Cc1ccccc1)N1CCN(c2ccc(N3CCCC3)nn2)CC1. The Morgan fingerprint density at radius 1 is 0.741 bits per heavy atom. The fourth-order valence-electron chi connectivity index (χ4n) is 3.67. The van der Waals surface area contributed by atoms with Gasteiger partial charge >= 0.3 is 0 Å². The Labute approximate surface area is 160 Å². The minimum atomic E-state index is -3.30. The van der Waals surface area contributed by atoms with Crippen LogP contribution in [0.1, 0.15) is 18.4 Å². The molecule has 0 saturated carbocycles. The minimum Gasteiger partial charge on any atom is -0.355 e. The van der Waals surface area contributed by atoms with Crippen LogP contribution in [-0.2, 0) is 15.8 Å². The average Bonchev–Trinajstić information content (AvgIpc) is 3.24. The maximum atomic E-state index is 12.7. The molecule has 2 saturated heterocycles. The maximum absolute atomic E-state index is 12.7. The van der Waals surface area contributed by atoms with E-state index >= 15 is 0 Å². The number of nitrogens with zero attached hydrogens (tertiary/aromatic N) is 5. The summed E-state index contributed by atoms with van der Waals surface area (Å²) in [6.45, 7) is 4.31. The first-order valence-corrected chi connectivity index (χ1v) is 11.1. The second-order valence-corrected chi connectivity index (χ2v) is 9.04. The van der Waals surface area contributed by atoms with Gasteiger partial charge in [-0.15, -0.1) is 10.2 Å². The van der Waals surface area contributed by atoms with E-state index in [0.717, 1.165) is 30.3 Å². The molecule has 0 spiro atoms. The smallest absolute Gasteiger partial charge is 0.218 e. The Hall–Kier alpha value is -2.19. The van der Waals surface area contributed by atoms with Crippen molar-refractivity contribution in [3.63, 3.8) is 0 Å². The first-order valence-electron chi connectivity index (χ1n) is 9.47. The highest BCUT2D eigenvalue weighted by molar-refractivity contribution is 7.88. The largest absolute Gasteiger partial charge is 0.355 e. The molecule has 2 aromatic rings. The van der Waals surface area contributed by atoms with Gasteiger partial charge in [-0.1, -0.05) is 30.3 Å². The van der Waals surface area contributed by atoms with Crippen molar-refractivity contribution in [2.75, 3.05) is 49.1 Å². The van der Waals surface area contributed by atoms with Crippen molar-refractivity contribution in [1.82, 2.24) is 14.5 Å². The lowest BCUT2D eigenvalue weighted by Crippen LogP contribution is -2.49. The van der Waals surface area contributed by atoms with Gasteiger partial charge in [0, 0.05) is 39.3 Å². The third kappa shape index (κ3) is 4.22. The van der Waals surface area contributed by atoms with Gasteiger partial charge in [-0.25, -0.2) is 8.42 Å². The van der Waals surface area contributed by atoms with E-state index < -0.39 is 10.0 Å². The predicted octanol–water partition coefficient (Wildman–Crippen LogP) is 1.73. The summed E-state index contributed by atoms with van der Waals surface area (Å²) in [4.78, 5) is 4.36. The van der Waals surface area contributed by atoms with E-state index in [4.69, 9.17) is 0 Å². The van der Waals surface area contributed by atoms with Crippen molar-refractivity contribution in [2.45, 2.75) is 18.6 Å². The summed E-state index contributed by atoms with van der Waals surface area (Å²) in [6, 6.07) is 13.4. The zero-order chi connectivity index (χ0) is 18.7. The number of aromatic nitrogens is 2. The van der Waals surface area contributed by atoms with Crippen LogP contribution < -0.4 is 9.80 Å². The monoisotopic (exact) mass is 387 g/mol. The zero-order valence-electron chi connectivity index (χ0n) is 15.4. The van der Waals surface area contributed by atoms with Gasteiger partial charge in [-0.2, -0.15) is 4.31 Å². The van der Waals surface area contributed by atoms with Crippen LogP contribution in [-0.4, -0.2) is 62.2 Å². The molecular weight excluding hydrogens is 362 g/mol. The van der Waals surface area contributed by atoms with E-state index in [1.165, 1.54) is 12.8 Å². The summed E-state index contributed by atoms with van der Waals surface area (Å²) in [5.74, 6) is 1.80. The number of benzene rings is 1. The van der Waals surface area contributed by atoms with Gasteiger partial charge in [-0.05, 0) is 30.5 Å². The standard InChI is InChI=1S/C19H25N5O2S/c25-27(26,16-17-6-2-1-3-7-17)24-14-12-23(13-15-24)19-9-8-18(20-21-19)22-10-4-5-11-22/h1-3,6-9H,4-5,10-16H2. The van der Waals surface area contributed by atoms with E-state index in [1.54, 1.807) is 4.31 Å². The first-order chi connectivity index (χ1) is 13.1. The fourth-order valence-corrected chi connectivity index (χ4v) is 5.19. The van der Waals surface area contributed by atoms with Gasteiger partial charge in [-0.3, -0.25) is 0 Å². The van der Waals surface area contributed by atoms with Crippen LogP contribution in [0.5, 0.6) is 0 Å². The maximum Gasteiger partial charge on any atom is 0.218 e. The summed E-state index contributed by atoms with van der Waals surface area (Å²) in [5, 5.41) is 8.73. The van der Waals surface area contributed by atoms with Crippen LogP contribution in [0.25, 0.3) is 0 Å². The lowest BCUT2D eigenvalue weighted by atomic mass is 10.2. The van der Waals surface area contributed by atoms with Crippen LogP contribution >= 0.6 is 0 Å². The Bertz CT molecular complexity index is 843. The van der Waals surface area contributed by atoms with Gasteiger partial charge in [0.05, 0.1) is 5.75 Å². The quantitative estimate of drug-likeness (QED) is 0.778. The van der Waals surface area contributed by atoms with Crippen LogP contribution in [0.4, 0.5) is 11.6 Å². The molecule has 0 N–H and O–H groups in total. The highest BCUT2D eigenvalue weighted by atomic mass is 32.2. The molecule has 7 nitrogen and oxygen atoms in total. The molecule has 2 aliphatic heterocycles. The topological polar surface area (TPSA) is 69.6 Å². The molecule has 1 aromatic carbocycles. The van der Waals surface area contributed by atoms with Crippen LogP contribution in [0, 0.1) is 0 Å². The molecule has 3 heterocycles. The van der Waals surface area contributed by atoms with Crippen LogP contribution in [0.3, 0.4) is 0 Å². The normalized spacial score (nSPS) is 18.8. The van der Waals surface area contributed by atoms with Gasteiger partial charge in [0.15, 0.2) is 11.6 Å². The molecule has 144 valence electrons. The van der Waals surface area contributed by atoms with Gasteiger partial charge < -0.3 is 9.80 Å². The Kier molecular flexibility index (Phi) is 5.27. The number of rotatable bonds is 5. The van der Waals surface area contributed by atoms with E-state index in [1.807, 2.05) is 42.5 Å². The van der Waals surface area contributed by atoms with Crippen molar-refractivity contribution in [3.8, 4) is 0 Å². The molecule has 0 atom stereocenters. The minimum absolute atomic E-state index is 0.0537. The number of piperazine rings is 1. The summed E-state index contributed by atoms with van der Waals surface area (Å²) in [5.41, 5.74) is 0.822. The zero-order valence-corrected chi connectivity index (χ0v) is 16.2. The second kappa shape index (κ2) is 7.82. The summed E-state index contributed by atoms with van der Waals surface area (Å²) >= 11 is 0. The van der Waals surface area contributed by atoms with E-state index in [-0.39, 0.29) is 5.75 Å². The lowest BCUT2D eigenvalue weighted by Gasteiger charge is -2.34. The molecule has 0 aliphatic carbocycles. The number of sulfonamides is 1. The third-order valence-corrected chi connectivity index (χ3v) is 7.06. The third-order valence-electron chi connectivity index (χ3n) is 5.21. The van der Waals surface area contributed by atoms with Gasteiger partial charge in [0.1, 0.15) is 0 Å². The molecule has 8 heteroatoms. The molecule has 2 aliphatic rings. The summed E-state index contributed by atoms with van der Waals surface area (Å²) < 4.78 is 26.9. The lowest BCUT2D eigenvalue weighted by molar-refractivity contribution is 0.383. The fraction of sp³-hybridized carbons (Fsp3) is 0.474. The van der Waals surface area contributed by atoms with Crippen molar-refractivity contribution in [3.05, 3.63) is 48.0 Å². The Morgan fingerprint density at radius 2 is 1.30 bits per heavy atom. The van der Waals surface area contributed by atoms with Crippen molar-refractivity contribution in [1.29, 1.82) is 0 Å². The molecule has 0 unspecified atom stereocenters. The molecule has 2 fully saturated rings. The average molecular weight is 388 g/mol. The molecule has 1 aromatic heterocycles. The highest BCUT2D eigenvalue weighted by Gasteiger charge is 2.27. The van der Waals surface area contributed by atoms with E-state index in [2.05, 4.69) is 20.0 Å². The van der Waals surface area contributed by atoms with Gasteiger partial charge in [0.2, 0.25) is 10.0 Å². The summed E-state index contributed by atoms with van der Waals surface area (Å²) in [6.07, 6.45) is 2.42. The van der Waals surface area contributed by atoms with E-state index in [9.17, 15) is 8.42 Å². The molecule has 0 amide bonds. The Morgan fingerprint density at radius 3 is 1.85 bits per heavy atom. The molecular formula is C19H25N5O2S. The number of hydrogen-bond donors (Lipinski definition) is 0. The second-order valence-electron chi connectivity index (χ2n) is 7.07. The highest BCUT2D eigenvalue weighted by Crippen LogP contribution is 2.21. The molecule has 4 rings (SSSR count). The van der Waals surface area contributed by atoms with Gasteiger partial charge in [0.25, 0.3) is 0 Å². The molecule has 27 heavy (non-hydrogen) atoms. The van der Waals surface area contributed by atoms with Crippen molar-refractivity contribution in [2.24, 2.45) is 0 Å². The van der Waals surface area contributed by atoms with Crippen molar-refractivity contribution >= 4 is 21.7 Å². The summed E-state index contributed by atoms with van der Waals surface area (Å²) in [7, 11) is -3.30. The number of hydrogen-bond acceptors (Lipinski definition) is 6. The molecule has 0 radical (unpaired) electrons. The number of anilines is 2.